The number of nitrogens with zero attached hydrogens (tertiary/aromatic N) is 1. The van der Waals surface area contributed by atoms with E-state index in [1.54, 1.807) is 12.1 Å². The highest BCUT2D eigenvalue weighted by molar-refractivity contribution is 6.42. The van der Waals surface area contributed by atoms with Crippen LogP contribution < -0.4 is 5.32 Å². The molecule has 1 aromatic carbocycles. The summed E-state index contributed by atoms with van der Waals surface area (Å²) in [4.78, 5) is 1.25. The summed E-state index contributed by atoms with van der Waals surface area (Å²) in [6.45, 7) is 2.01. The van der Waals surface area contributed by atoms with Crippen molar-refractivity contribution >= 4 is 23.2 Å². The van der Waals surface area contributed by atoms with Crippen LogP contribution in [0.15, 0.2) is 18.2 Å². The fourth-order valence-corrected chi connectivity index (χ4v) is 2.58. The normalized spacial score (nSPS) is 13.7. The molecule has 0 aliphatic heterocycles. The van der Waals surface area contributed by atoms with E-state index in [0.717, 1.165) is 5.56 Å². The molecule has 1 unspecified atom stereocenters. The Bertz CT molecular complexity index is 452. The average Bonchev–Trinajstić information content (AvgIpc) is 2.36. The Morgan fingerprint density at radius 3 is 2.52 bits per heavy atom. The van der Waals surface area contributed by atoms with Gasteiger partial charge < -0.3 is 5.32 Å². The van der Waals surface area contributed by atoms with Crippen LogP contribution in [-0.2, 0) is 0 Å². The molecule has 120 valence electrons. The Morgan fingerprint density at radius 2 is 1.95 bits per heavy atom. The van der Waals surface area contributed by atoms with Crippen molar-refractivity contribution in [3.63, 3.8) is 0 Å². The molecule has 0 saturated heterocycles. The van der Waals surface area contributed by atoms with E-state index in [9.17, 15) is 13.2 Å². The first-order valence-corrected chi connectivity index (χ1v) is 7.42. The van der Waals surface area contributed by atoms with Crippen molar-refractivity contribution < 1.29 is 13.2 Å². The number of halogens is 5. The van der Waals surface area contributed by atoms with Gasteiger partial charge in [-0.05, 0) is 38.2 Å². The topological polar surface area (TPSA) is 15.3 Å². The summed E-state index contributed by atoms with van der Waals surface area (Å²) in [6.07, 6.45) is -3.67. The zero-order valence-corrected chi connectivity index (χ0v) is 13.5. The Balaban J connectivity index is 2.72. The molecule has 0 bridgehead atoms. The Labute approximate surface area is 133 Å². The van der Waals surface area contributed by atoms with Crippen molar-refractivity contribution in [2.24, 2.45) is 0 Å². The van der Waals surface area contributed by atoms with E-state index in [2.05, 4.69) is 5.32 Å². The van der Waals surface area contributed by atoms with Gasteiger partial charge in [-0.2, -0.15) is 13.2 Å². The zero-order chi connectivity index (χ0) is 16.0. The quantitative estimate of drug-likeness (QED) is 0.783. The summed E-state index contributed by atoms with van der Waals surface area (Å²) in [5, 5.41) is 4.13. The third kappa shape index (κ3) is 6.43. The van der Waals surface area contributed by atoms with Gasteiger partial charge in [0.15, 0.2) is 0 Å². The molecule has 7 heteroatoms. The summed E-state index contributed by atoms with van der Waals surface area (Å²) in [5.41, 5.74) is 0.812. The fraction of sp³-hybridized carbons (Fsp3) is 0.571. The standard InChI is InChI=1S/C14H19Cl2F3N2/c1-3-20-12(7-8-21(2)9-14(17,18)19)10-5-4-6-11(15)13(10)16/h4-6,12,20H,3,7-9H2,1-2H3. The number of rotatable bonds is 7. The molecular formula is C14H19Cl2F3N2. The zero-order valence-electron chi connectivity index (χ0n) is 12.0. The van der Waals surface area contributed by atoms with E-state index in [4.69, 9.17) is 23.2 Å². The second kappa shape index (κ2) is 8.22. The lowest BCUT2D eigenvalue weighted by Crippen LogP contribution is -2.34. The molecule has 0 fully saturated rings. The summed E-state index contributed by atoms with van der Waals surface area (Å²) >= 11 is 12.2. The highest BCUT2D eigenvalue weighted by Crippen LogP contribution is 2.31. The monoisotopic (exact) mass is 342 g/mol. The third-order valence-electron chi connectivity index (χ3n) is 3.06. The molecule has 1 atom stereocenters. The van der Waals surface area contributed by atoms with Crippen molar-refractivity contribution in [2.75, 3.05) is 26.7 Å². The molecule has 0 amide bonds. The number of hydrogen-bond acceptors (Lipinski definition) is 2. The smallest absolute Gasteiger partial charge is 0.310 e. The van der Waals surface area contributed by atoms with Crippen LogP contribution in [0.5, 0.6) is 0 Å². The molecule has 21 heavy (non-hydrogen) atoms. The minimum atomic E-state index is -4.18. The lowest BCUT2D eigenvalue weighted by molar-refractivity contribution is -0.143. The van der Waals surface area contributed by atoms with Gasteiger partial charge in [0, 0.05) is 6.04 Å². The molecule has 0 aromatic heterocycles. The first-order valence-electron chi connectivity index (χ1n) is 6.67. The number of nitrogens with one attached hydrogen (secondary N) is 1. The third-order valence-corrected chi connectivity index (χ3v) is 3.89. The molecule has 0 radical (unpaired) electrons. The van der Waals surface area contributed by atoms with Crippen molar-refractivity contribution in [3.05, 3.63) is 33.8 Å². The minimum Gasteiger partial charge on any atom is -0.310 e. The van der Waals surface area contributed by atoms with Crippen LogP contribution in [-0.4, -0.2) is 37.8 Å². The molecule has 0 heterocycles. The first kappa shape index (κ1) is 18.6. The van der Waals surface area contributed by atoms with Crippen molar-refractivity contribution in [1.82, 2.24) is 10.2 Å². The van der Waals surface area contributed by atoms with Crippen LogP contribution in [0, 0.1) is 0 Å². The molecular weight excluding hydrogens is 324 g/mol. The van der Waals surface area contributed by atoms with Crippen LogP contribution in [0.25, 0.3) is 0 Å². The summed E-state index contributed by atoms with van der Waals surface area (Å²) in [6, 6.07) is 5.18. The van der Waals surface area contributed by atoms with Gasteiger partial charge in [0.1, 0.15) is 0 Å². The molecule has 0 aliphatic carbocycles. The maximum absolute atomic E-state index is 12.3. The van der Waals surface area contributed by atoms with Gasteiger partial charge >= 0.3 is 6.18 Å². The van der Waals surface area contributed by atoms with E-state index < -0.39 is 12.7 Å². The molecule has 1 aromatic rings. The lowest BCUT2D eigenvalue weighted by Gasteiger charge is -2.24. The second-order valence-electron chi connectivity index (χ2n) is 4.89. The fourth-order valence-electron chi connectivity index (χ4n) is 2.14. The van der Waals surface area contributed by atoms with Gasteiger partial charge in [-0.1, -0.05) is 42.3 Å². The number of hydrogen-bond donors (Lipinski definition) is 1. The average molecular weight is 343 g/mol. The van der Waals surface area contributed by atoms with Gasteiger partial charge in [-0.25, -0.2) is 0 Å². The van der Waals surface area contributed by atoms with Crippen LogP contribution in [0.2, 0.25) is 10.0 Å². The number of alkyl halides is 3. The minimum absolute atomic E-state index is 0.128. The van der Waals surface area contributed by atoms with E-state index in [1.165, 1.54) is 11.9 Å². The van der Waals surface area contributed by atoms with E-state index in [1.807, 2.05) is 13.0 Å². The van der Waals surface area contributed by atoms with Crippen LogP contribution >= 0.6 is 23.2 Å². The lowest BCUT2D eigenvalue weighted by atomic mass is 10.0. The molecule has 1 N–H and O–H groups in total. The molecule has 0 saturated carbocycles. The SMILES string of the molecule is CCNC(CCN(C)CC(F)(F)F)c1cccc(Cl)c1Cl. The Hall–Kier alpha value is -0.490. The van der Waals surface area contributed by atoms with Crippen molar-refractivity contribution in [3.8, 4) is 0 Å². The van der Waals surface area contributed by atoms with Crippen LogP contribution in [0.1, 0.15) is 24.9 Å². The van der Waals surface area contributed by atoms with Crippen LogP contribution in [0.3, 0.4) is 0 Å². The molecule has 0 aliphatic rings. The Kier molecular flexibility index (Phi) is 7.27. The maximum atomic E-state index is 12.3. The van der Waals surface area contributed by atoms with Crippen molar-refractivity contribution in [1.29, 1.82) is 0 Å². The molecule has 0 spiro atoms. The van der Waals surface area contributed by atoms with Gasteiger partial charge in [0.25, 0.3) is 0 Å². The summed E-state index contributed by atoms with van der Waals surface area (Å²) in [7, 11) is 1.45. The summed E-state index contributed by atoms with van der Waals surface area (Å²) < 4.78 is 37.0. The van der Waals surface area contributed by atoms with Crippen molar-refractivity contribution in [2.45, 2.75) is 25.6 Å². The van der Waals surface area contributed by atoms with Gasteiger partial charge in [-0.3, -0.25) is 4.90 Å². The second-order valence-corrected chi connectivity index (χ2v) is 5.68. The first-order chi connectivity index (χ1) is 9.74. The van der Waals surface area contributed by atoms with Gasteiger partial charge in [0.05, 0.1) is 16.6 Å². The van der Waals surface area contributed by atoms with Crippen LogP contribution in [0.4, 0.5) is 13.2 Å². The predicted octanol–water partition coefficient (Wildman–Crippen LogP) is 4.53. The molecule has 2 nitrogen and oxygen atoms in total. The van der Waals surface area contributed by atoms with E-state index in [-0.39, 0.29) is 6.04 Å². The Morgan fingerprint density at radius 1 is 1.29 bits per heavy atom. The van der Waals surface area contributed by atoms with Gasteiger partial charge in [-0.15, -0.1) is 0 Å². The maximum Gasteiger partial charge on any atom is 0.401 e. The summed E-state index contributed by atoms with van der Waals surface area (Å²) in [5.74, 6) is 0. The van der Waals surface area contributed by atoms with Gasteiger partial charge in [0.2, 0.25) is 0 Å². The van der Waals surface area contributed by atoms with E-state index >= 15 is 0 Å². The highest BCUT2D eigenvalue weighted by atomic mass is 35.5. The largest absolute Gasteiger partial charge is 0.401 e. The molecule has 1 rings (SSSR count). The predicted molar refractivity (Wildman–Crippen MR) is 81.0 cm³/mol. The highest BCUT2D eigenvalue weighted by Gasteiger charge is 2.29. The number of benzene rings is 1. The van der Waals surface area contributed by atoms with E-state index in [0.29, 0.717) is 29.6 Å².